The number of hydrogen-bond donors (Lipinski definition) is 3. The summed E-state index contributed by atoms with van der Waals surface area (Å²) < 4.78 is 58.7. The van der Waals surface area contributed by atoms with Crippen LogP contribution in [-0.2, 0) is 23.1 Å². The fourth-order valence-electron chi connectivity index (χ4n) is 3.91. The molecular formula is C22H25F4N3O2. The molecule has 9 heteroatoms. The molecule has 0 unspecified atom stereocenters. The van der Waals surface area contributed by atoms with E-state index in [0.29, 0.717) is 13.0 Å². The molecule has 0 bridgehead atoms. The second kappa shape index (κ2) is 9.23. The van der Waals surface area contributed by atoms with E-state index in [9.17, 15) is 22.4 Å². The van der Waals surface area contributed by atoms with Crippen LogP contribution in [0.15, 0.2) is 48.5 Å². The number of urea groups is 1. The third-order valence-corrected chi connectivity index (χ3v) is 5.50. The van der Waals surface area contributed by atoms with Gasteiger partial charge in [0.15, 0.2) is 0 Å². The maximum Gasteiger partial charge on any atom is 0.416 e. The Balaban J connectivity index is 1.82. The summed E-state index contributed by atoms with van der Waals surface area (Å²) in [5.41, 5.74) is 4.79. The monoisotopic (exact) mass is 439 g/mol. The molecule has 4 N–H and O–H groups in total. The highest BCUT2D eigenvalue weighted by atomic mass is 19.4. The normalized spacial score (nSPS) is 22.3. The van der Waals surface area contributed by atoms with Gasteiger partial charge in [-0.25, -0.2) is 9.18 Å². The van der Waals surface area contributed by atoms with E-state index in [2.05, 4.69) is 10.6 Å². The van der Waals surface area contributed by atoms with Crippen LogP contribution in [-0.4, -0.2) is 25.2 Å². The highest BCUT2D eigenvalue weighted by molar-refractivity contribution is 5.72. The van der Waals surface area contributed by atoms with Gasteiger partial charge in [0.05, 0.1) is 23.8 Å². The van der Waals surface area contributed by atoms with Crippen molar-refractivity contribution in [2.24, 2.45) is 5.73 Å². The number of carbonyl (C=O) groups is 1. The first kappa shape index (κ1) is 23.0. The number of amides is 2. The number of primary amides is 1. The number of nitrogens with one attached hydrogen (secondary N) is 2. The third kappa shape index (κ3) is 5.54. The van der Waals surface area contributed by atoms with Crippen LogP contribution in [0.25, 0.3) is 0 Å². The zero-order valence-electron chi connectivity index (χ0n) is 17.0. The summed E-state index contributed by atoms with van der Waals surface area (Å²) >= 11 is 0. The first-order valence-corrected chi connectivity index (χ1v) is 9.88. The number of carbonyl (C=O) groups excluding carboxylic acids is 1. The largest absolute Gasteiger partial charge is 0.416 e. The van der Waals surface area contributed by atoms with Gasteiger partial charge in [0.25, 0.3) is 0 Å². The zero-order valence-corrected chi connectivity index (χ0v) is 17.0. The molecule has 1 aliphatic rings. The second-order valence-corrected chi connectivity index (χ2v) is 7.79. The molecule has 5 nitrogen and oxygen atoms in total. The molecule has 3 atom stereocenters. The van der Waals surface area contributed by atoms with E-state index in [1.807, 2.05) is 30.3 Å². The van der Waals surface area contributed by atoms with Crippen LogP contribution in [0.4, 0.5) is 22.4 Å². The number of hydrogen-bond acceptors (Lipinski definition) is 3. The fraction of sp³-hybridized carbons (Fsp3) is 0.409. The smallest absolute Gasteiger partial charge is 0.372 e. The van der Waals surface area contributed by atoms with Crippen LogP contribution in [0.1, 0.15) is 41.7 Å². The van der Waals surface area contributed by atoms with Gasteiger partial charge in [-0.1, -0.05) is 36.4 Å². The van der Waals surface area contributed by atoms with Crippen molar-refractivity contribution < 1.29 is 27.1 Å². The van der Waals surface area contributed by atoms with Crippen LogP contribution in [0.2, 0.25) is 0 Å². The van der Waals surface area contributed by atoms with Crippen LogP contribution >= 0.6 is 0 Å². The lowest BCUT2D eigenvalue weighted by atomic mass is 9.88. The molecule has 31 heavy (non-hydrogen) atoms. The fourth-order valence-corrected chi connectivity index (χ4v) is 3.91. The molecule has 0 saturated carbocycles. The van der Waals surface area contributed by atoms with E-state index in [-0.39, 0.29) is 23.8 Å². The van der Waals surface area contributed by atoms with E-state index in [0.717, 1.165) is 17.7 Å². The zero-order chi connectivity index (χ0) is 22.6. The summed E-state index contributed by atoms with van der Waals surface area (Å²) in [7, 11) is 0. The Morgan fingerprint density at radius 1 is 1.29 bits per heavy atom. The van der Waals surface area contributed by atoms with Gasteiger partial charge in [0, 0.05) is 12.6 Å². The lowest BCUT2D eigenvalue weighted by Gasteiger charge is -2.32. The second-order valence-electron chi connectivity index (χ2n) is 7.79. The Morgan fingerprint density at radius 3 is 2.61 bits per heavy atom. The van der Waals surface area contributed by atoms with Crippen molar-refractivity contribution in [3.63, 3.8) is 0 Å². The van der Waals surface area contributed by atoms with Crippen molar-refractivity contribution in [1.29, 1.82) is 0 Å². The lowest BCUT2D eigenvalue weighted by molar-refractivity contribution is -0.137. The minimum Gasteiger partial charge on any atom is -0.372 e. The average Bonchev–Trinajstić information content (AvgIpc) is 3.15. The van der Waals surface area contributed by atoms with Gasteiger partial charge in [0.2, 0.25) is 0 Å². The summed E-state index contributed by atoms with van der Waals surface area (Å²) in [4.78, 5) is 11.3. The Morgan fingerprint density at radius 2 is 2.00 bits per heavy atom. The van der Waals surface area contributed by atoms with Crippen LogP contribution in [0.5, 0.6) is 0 Å². The molecule has 168 valence electrons. The summed E-state index contributed by atoms with van der Waals surface area (Å²) in [6, 6.07) is 11.8. The standard InChI is InChI=1S/C22H25F4N3O2/c1-14(16-7-15(11-23)8-18(9-16)22(24,25)26)31-13-21(17-5-3-2-4-6-17)10-19(12-28-21)29-20(27)30/h2-9,14,19,28H,10-13H2,1H3,(H3,27,29,30)/t14-,19+,21-/m1/s1. The van der Waals surface area contributed by atoms with Gasteiger partial charge >= 0.3 is 12.2 Å². The molecule has 1 saturated heterocycles. The number of nitrogens with two attached hydrogens (primary N) is 1. The first-order chi connectivity index (χ1) is 14.6. The van der Waals surface area contributed by atoms with Gasteiger partial charge in [-0.15, -0.1) is 0 Å². The molecule has 0 aliphatic carbocycles. The van der Waals surface area contributed by atoms with Gasteiger partial charge in [-0.2, -0.15) is 13.2 Å². The molecule has 2 aromatic rings. The van der Waals surface area contributed by atoms with Crippen LogP contribution in [0, 0.1) is 0 Å². The lowest BCUT2D eigenvalue weighted by Crippen LogP contribution is -2.41. The Kier molecular flexibility index (Phi) is 6.86. The maximum absolute atomic E-state index is 13.2. The number of alkyl halides is 4. The first-order valence-electron chi connectivity index (χ1n) is 9.88. The molecule has 2 aromatic carbocycles. The van der Waals surface area contributed by atoms with Gasteiger partial charge in [0.1, 0.15) is 6.67 Å². The van der Waals surface area contributed by atoms with Gasteiger partial charge in [-0.3, -0.25) is 0 Å². The summed E-state index contributed by atoms with van der Waals surface area (Å²) in [6.07, 6.45) is -4.80. The Labute approximate surface area is 178 Å². The molecule has 3 rings (SSSR count). The SMILES string of the molecule is C[C@@H](OC[C@@]1(c2ccccc2)C[C@H](NC(N)=O)CN1)c1cc(CF)cc(C(F)(F)F)c1. The van der Waals surface area contributed by atoms with E-state index in [1.54, 1.807) is 6.92 Å². The van der Waals surface area contributed by atoms with Gasteiger partial charge in [-0.05, 0) is 42.2 Å². The number of benzene rings is 2. The van der Waals surface area contributed by atoms with Crippen molar-refractivity contribution in [3.8, 4) is 0 Å². The van der Waals surface area contributed by atoms with Crippen LogP contribution in [0.3, 0.4) is 0 Å². The molecule has 2 amide bonds. The van der Waals surface area contributed by atoms with E-state index >= 15 is 0 Å². The molecular weight excluding hydrogens is 414 g/mol. The predicted molar refractivity (Wildman–Crippen MR) is 108 cm³/mol. The molecule has 1 aliphatic heterocycles. The minimum absolute atomic E-state index is 0.0530. The van der Waals surface area contributed by atoms with Crippen molar-refractivity contribution in [3.05, 3.63) is 70.8 Å². The Hall–Kier alpha value is -2.65. The highest BCUT2D eigenvalue weighted by Gasteiger charge is 2.41. The summed E-state index contributed by atoms with van der Waals surface area (Å²) in [5.74, 6) is 0. The quantitative estimate of drug-likeness (QED) is 0.567. The van der Waals surface area contributed by atoms with Crippen LogP contribution < -0.4 is 16.4 Å². The van der Waals surface area contributed by atoms with E-state index in [4.69, 9.17) is 10.5 Å². The topological polar surface area (TPSA) is 76.4 Å². The van der Waals surface area contributed by atoms with Crippen molar-refractivity contribution in [2.75, 3.05) is 13.2 Å². The van der Waals surface area contributed by atoms with Gasteiger partial charge < -0.3 is 21.1 Å². The number of rotatable bonds is 7. The van der Waals surface area contributed by atoms with Crippen molar-refractivity contribution in [2.45, 2.75) is 43.9 Å². The minimum atomic E-state index is -4.58. The molecule has 1 heterocycles. The third-order valence-electron chi connectivity index (χ3n) is 5.50. The number of halogens is 4. The molecule has 0 radical (unpaired) electrons. The maximum atomic E-state index is 13.2. The van der Waals surface area contributed by atoms with Crippen molar-refractivity contribution >= 4 is 6.03 Å². The number of ether oxygens (including phenoxy) is 1. The highest BCUT2D eigenvalue weighted by Crippen LogP contribution is 2.35. The average molecular weight is 439 g/mol. The van der Waals surface area contributed by atoms with Crippen molar-refractivity contribution in [1.82, 2.24) is 10.6 Å². The molecule has 0 spiro atoms. The summed E-state index contributed by atoms with van der Waals surface area (Å²) in [5, 5.41) is 6.05. The summed E-state index contributed by atoms with van der Waals surface area (Å²) in [6.45, 7) is 1.23. The predicted octanol–water partition coefficient (Wildman–Crippen LogP) is 4.18. The molecule has 1 fully saturated rings. The Bertz CT molecular complexity index is 907. The molecule has 0 aromatic heterocycles. The van der Waals surface area contributed by atoms with E-state index in [1.165, 1.54) is 6.07 Å². The van der Waals surface area contributed by atoms with E-state index < -0.39 is 36.1 Å².